The summed E-state index contributed by atoms with van der Waals surface area (Å²) in [5.74, 6) is 0.598. The molecule has 20 heavy (non-hydrogen) atoms. The maximum Gasteiger partial charge on any atom is 0.224 e. The van der Waals surface area contributed by atoms with E-state index in [2.05, 4.69) is 15.3 Å². The number of rotatable bonds is 4. The van der Waals surface area contributed by atoms with Gasteiger partial charge in [0.05, 0.1) is 17.7 Å². The Bertz CT molecular complexity index is 539. The van der Waals surface area contributed by atoms with Crippen LogP contribution in [-0.2, 0) is 11.3 Å². The summed E-state index contributed by atoms with van der Waals surface area (Å²) in [5, 5.41) is 10.8. The van der Waals surface area contributed by atoms with Crippen molar-refractivity contribution >= 4 is 17.2 Å². The van der Waals surface area contributed by atoms with Crippen molar-refractivity contribution in [3.05, 3.63) is 29.0 Å². The summed E-state index contributed by atoms with van der Waals surface area (Å²) in [6.45, 7) is 2.25. The second-order valence-electron chi connectivity index (χ2n) is 4.97. The van der Waals surface area contributed by atoms with Crippen LogP contribution in [0, 0.1) is 0 Å². The molecule has 0 N–H and O–H groups in total. The second kappa shape index (κ2) is 6.13. The molecular formula is C13H17N5OS. The maximum absolute atomic E-state index is 12.3. The molecule has 0 radical (unpaired) electrons. The molecule has 0 aromatic carbocycles. The normalized spacial score (nSPS) is 19.2. The molecule has 3 rings (SSSR count). The number of hydrogen-bond acceptors (Lipinski definition) is 5. The van der Waals surface area contributed by atoms with Crippen LogP contribution in [-0.4, -0.2) is 43.9 Å². The first kappa shape index (κ1) is 13.2. The lowest BCUT2D eigenvalue weighted by molar-refractivity contribution is -0.132. The Hall–Kier alpha value is -1.76. The lowest BCUT2D eigenvalue weighted by Crippen LogP contribution is -2.39. The molecule has 1 fully saturated rings. The fourth-order valence-electron chi connectivity index (χ4n) is 2.56. The molecular weight excluding hydrogens is 274 g/mol. The van der Waals surface area contributed by atoms with Crippen molar-refractivity contribution in [2.45, 2.75) is 31.7 Å². The first-order valence-electron chi connectivity index (χ1n) is 6.84. The molecule has 2 aromatic heterocycles. The number of carbonyl (C=O) groups excluding carboxylic acids is 1. The van der Waals surface area contributed by atoms with E-state index in [1.54, 1.807) is 28.4 Å². The second-order valence-corrected chi connectivity index (χ2v) is 5.89. The summed E-state index contributed by atoms with van der Waals surface area (Å²) in [7, 11) is 0. The Morgan fingerprint density at radius 1 is 1.45 bits per heavy atom. The first-order valence-corrected chi connectivity index (χ1v) is 7.72. The van der Waals surface area contributed by atoms with Gasteiger partial charge < -0.3 is 4.90 Å². The minimum Gasteiger partial charge on any atom is -0.342 e. The van der Waals surface area contributed by atoms with Gasteiger partial charge >= 0.3 is 0 Å². The summed E-state index contributed by atoms with van der Waals surface area (Å²) >= 11 is 1.68. The topological polar surface area (TPSA) is 63.9 Å². The molecule has 0 unspecified atom stereocenters. The van der Waals surface area contributed by atoms with Gasteiger partial charge in [0, 0.05) is 43.2 Å². The number of aromatic nitrogens is 4. The van der Waals surface area contributed by atoms with Gasteiger partial charge in [0.2, 0.25) is 5.91 Å². The van der Waals surface area contributed by atoms with E-state index in [0.717, 1.165) is 30.9 Å². The van der Waals surface area contributed by atoms with Crippen LogP contribution in [0.15, 0.2) is 24.0 Å². The van der Waals surface area contributed by atoms with E-state index < -0.39 is 0 Å². The predicted molar refractivity (Wildman–Crippen MR) is 75.3 cm³/mol. The van der Waals surface area contributed by atoms with Gasteiger partial charge in [-0.1, -0.05) is 5.21 Å². The number of thiazole rings is 1. The fourth-order valence-corrected chi connectivity index (χ4v) is 3.33. The molecule has 2 aromatic rings. The molecule has 1 aliphatic rings. The number of hydrogen-bond donors (Lipinski definition) is 0. The molecule has 0 bridgehead atoms. The zero-order valence-corrected chi connectivity index (χ0v) is 12.0. The molecule has 1 saturated heterocycles. The molecule has 0 spiro atoms. The fraction of sp³-hybridized carbons (Fsp3) is 0.538. The Morgan fingerprint density at radius 2 is 2.40 bits per heavy atom. The molecule has 0 aliphatic carbocycles. The lowest BCUT2D eigenvalue weighted by atomic mass is 9.98. The van der Waals surface area contributed by atoms with E-state index in [0.29, 0.717) is 18.9 Å². The number of nitrogens with zero attached hydrogens (tertiary/aromatic N) is 5. The van der Waals surface area contributed by atoms with Gasteiger partial charge in [0.15, 0.2) is 0 Å². The number of piperidine rings is 1. The van der Waals surface area contributed by atoms with Crippen LogP contribution >= 0.6 is 11.3 Å². The average Bonchev–Trinajstić information content (AvgIpc) is 3.18. The van der Waals surface area contributed by atoms with Gasteiger partial charge in [0.25, 0.3) is 0 Å². The minimum absolute atomic E-state index is 0.196. The van der Waals surface area contributed by atoms with Crippen molar-refractivity contribution in [3.63, 3.8) is 0 Å². The van der Waals surface area contributed by atoms with Gasteiger partial charge in [-0.25, -0.2) is 4.98 Å². The highest BCUT2D eigenvalue weighted by atomic mass is 32.1. The highest BCUT2D eigenvalue weighted by Gasteiger charge is 2.25. The number of aryl methyl sites for hydroxylation is 1. The van der Waals surface area contributed by atoms with Crippen molar-refractivity contribution in [3.8, 4) is 0 Å². The quantitative estimate of drug-likeness (QED) is 0.857. The van der Waals surface area contributed by atoms with Crippen LogP contribution in [0.25, 0.3) is 0 Å². The highest BCUT2D eigenvalue weighted by Crippen LogP contribution is 2.28. The SMILES string of the molecule is O=C(CCn1ccnn1)N1CCC[C@@H](c2nccs2)C1. The first-order chi connectivity index (χ1) is 9.83. The van der Waals surface area contributed by atoms with Crippen molar-refractivity contribution < 1.29 is 4.79 Å². The number of likely N-dealkylation sites (tertiary alicyclic amines) is 1. The van der Waals surface area contributed by atoms with Crippen molar-refractivity contribution in [1.29, 1.82) is 0 Å². The minimum atomic E-state index is 0.196. The summed E-state index contributed by atoms with van der Waals surface area (Å²) in [6, 6.07) is 0. The maximum atomic E-state index is 12.3. The standard InChI is InChI=1S/C13H17N5OS/c19-12(3-7-18-8-4-15-16-18)17-6-1-2-11(10-17)13-14-5-9-20-13/h4-5,8-9,11H,1-3,6-7,10H2/t11-/m1/s1. The Balaban J connectivity index is 1.55. The van der Waals surface area contributed by atoms with Crippen LogP contribution in [0.2, 0.25) is 0 Å². The van der Waals surface area contributed by atoms with Crippen LogP contribution in [0.3, 0.4) is 0 Å². The van der Waals surface area contributed by atoms with E-state index in [4.69, 9.17) is 0 Å². The van der Waals surface area contributed by atoms with Gasteiger partial charge in [0.1, 0.15) is 0 Å². The zero-order valence-electron chi connectivity index (χ0n) is 11.2. The third-order valence-electron chi connectivity index (χ3n) is 3.60. The predicted octanol–water partition coefficient (Wildman–Crippen LogP) is 1.53. The van der Waals surface area contributed by atoms with Gasteiger partial charge in [-0.05, 0) is 12.8 Å². The number of carbonyl (C=O) groups is 1. The van der Waals surface area contributed by atoms with Gasteiger partial charge in [-0.15, -0.1) is 16.4 Å². The zero-order chi connectivity index (χ0) is 13.8. The van der Waals surface area contributed by atoms with Crippen LogP contribution < -0.4 is 0 Å². The summed E-state index contributed by atoms with van der Waals surface area (Å²) in [5.41, 5.74) is 0. The van der Waals surface area contributed by atoms with Crippen molar-refractivity contribution in [2.75, 3.05) is 13.1 Å². The summed E-state index contributed by atoms with van der Waals surface area (Å²) < 4.78 is 1.69. The molecule has 6 nitrogen and oxygen atoms in total. The highest BCUT2D eigenvalue weighted by molar-refractivity contribution is 7.09. The van der Waals surface area contributed by atoms with E-state index in [1.165, 1.54) is 0 Å². The molecule has 1 aliphatic heterocycles. The van der Waals surface area contributed by atoms with E-state index in [1.807, 2.05) is 16.5 Å². The Kier molecular flexibility index (Phi) is 4.05. The smallest absolute Gasteiger partial charge is 0.224 e. The third kappa shape index (κ3) is 3.04. The summed E-state index contributed by atoms with van der Waals surface area (Å²) in [6.07, 6.45) is 7.91. The molecule has 1 amide bonds. The Labute approximate surface area is 121 Å². The largest absolute Gasteiger partial charge is 0.342 e. The van der Waals surface area contributed by atoms with Gasteiger partial charge in [-0.3, -0.25) is 9.48 Å². The summed E-state index contributed by atoms with van der Waals surface area (Å²) in [4.78, 5) is 18.6. The molecule has 7 heteroatoms. The van der Waals surface area contributed by atoms with Gasteiger partial charge in [-0.2, -0.15) is 0 Å². The monoisotopic (exact) mass is 291 g/mol. The molecule has 3 heterocycles. The van der Waals surface area contributed by atoms with Crippen LogP contribution in [0.4, 0.5) is 0 Å². The van der Waals surface area contributed by atoms with Crippen molar-refractivity contribution in [1.82, 2.24) is 24.9 Å². The molecule has 106 valence electrons. The van der Waals surface area contributed by atoms with Crippen LogP contribution in [0.1, 0.15) is 30.2 Å². The van der Waals surface area contributed by atoms with E-state index >= 15 is 0 Å². The molecule has 0 saturated carbocycles. The lowest BCUT2D eigenvalue weighted by Gasteiger charge is -2.31. The third-order valence-corrected chi connectivity index (χ3v) is 4.54. The van der Waals surface area contributed by atoms with E-state index in [9.17, 15) is 4.79 Å². The van der Waals surface area contributed by atoms with Crippen LogP contribution in [0.5, 0.6) is 0 Å². The van der Waals surface area contributed by atoms with E-state index in [-0.39, 0.29) is 5.91 Å². The van der Waals surface area contributed by atoms with Crippen molar-refractivity contribution in [2.24, 2.45) is 0 Å². The Morgan fingerprint density at radius 3 is 3.15 bits per heavy atom. The molecule has 1 atom stereocenters. The number of amides is 1. The average molecular weight is 291 g/mol.